The van der Waals surface area contributed by atoms with E-state index in [0.29, 0.717) is 0 Å². The van der Waals surface area contributed by atoms with Crippen molar-refractivity contribution in [3.8, 4) is 34.0 Å². The number of methoxy groups -OCH3 is 2. The van der Waals surface area contributed by atoms with Crippen LogP contribution < -0.4 is 19.3 Å². The van der Waals surface area contributed by atoms with E-state index < -0.39 is 0 Å². The Kier molecular flexibility index (Phi) is 10.7. The van der Waals surface area contributed by atoms with Gasteiger partial charge in [-0.25, -0.2) is 0 Å². The molecule has 2 aromatic heterocycles. The first-order chi connectivity index (χ1) is 16.4. The number of benzene rings is 2. The molecule has 0 fully saturated rings. The normalized spacial score (nSPS) is 9.77. The Balaban J connectivity index is 0.000000240. The summed E-state index contributed by atoms with van der Waals surface area (Å²) in [5, 5.41) is 0. The molecule has 4 aromatic rings. The van der Waals surface area contributed by atoms with Gasteiger partial charge in [0.15, 0.2) is 0 Å². The number of hydrogen-bond acceptors (Lipinski definition) is 6. The van der Waals surface area contributed by atoms with Crippen LogP contribution in [0.25, 0.3) is 22.5 Å². The molecule has 0 atom stereocenters. The summed E-state index contributed by atoms with van der Waals surface area (Å²) in [5.74, 6) is 1.44. The number of nitrogens with zero attached hydrogens (tertiary/aromatic N) is 4. The maximum atomic E-state index is 5.16. The van der Waals surface area contributed by atoms with Crippen molar-refractivity contribution in [2.75, 3.05) is 52.2 Å². The third-order valence-corrected chi connectivity index (χ3v) is 5.05. The largest absolute Gasteiger partial charge is 2.00 e. The monoisotopic (exact) mass is 649 g/mol. The van der Waals surface area contributed by atoms with Crippen molar-refractivity contribution in [1.29, 1.82) is 0 Å². The van der Waals surface area contributed by atoms with Crippen LogP contribution >= 0.6 is 0 Å². The van der Waals surface area contributed by atoms with Gasteiger partial charge in [-0.3, -0.25) is 0 Å². The van der Waals surface area contributed by atoms with Gasteiger partial charge in [0.25, 0.3) is 0 Å². The van der Waals surface area contributed by atoms with Crippen molar-refractivity contribution in [3.05, 3.63) is 85.2 Å². The van der Waals surface area contributed by atoms with E-state index in [1.54, 1.807) is 26.6 Å². The summed E-state index contributed by atoms with van der Waals surface area (Å²) >= 11 is 0. The molecule has 0 N–H and O–H groups in total. The summed E-state index contributed by atoms with van der Waals surface area (Å²) < 4.78 is 10.3. The van der Waals surface area contributed by atoms with Gasteiger partial charge in [0.1, 0.15) is 0 Å². The van der Waals surface area contributed by atoms with E-state index in [4.69, 9.17) is 9.47 Å². The molecule has 0 radical (unpaired) electrons. The number of rotatable bonds is 6. The van der Waals surface area contributed by atoms with Gasteiger partial charge in [0, 0.05) is 63.5 Å². The van der Waals surface area contributed by atoms with Gasteiger partial charge in [0.2, 0.25) is 0 Å². The van der Waals surface area contributed by atoms with E-state index in [2.05, 4.69) is 22.1 Å². The maximum Gasteiger partial charge on any atom is 2.00 e. The molecule has 0 saturated heterocycles. The number of pyridine rings is 2. The Morgan fingerprint density at radius 3 is 1.37 bits per heavy atom. The molecule has 2 aromatic carbocycles. The fourth-order valence-corrected chi connectivity index (χ4v) is 3.12. The molecule has 0 saturated carbocycles. The predicted octanol–water partition coefficient (Wildman–Crippen LogP) is 5.24. The van der Waals surface area contributed by atoms with Crippen LogP contribution in [-0.4, -0.2) is 52.4 Å². The minimum atomic E-state index is 0. The first-order valence-electron chi connectivity index (χ1n) is 10.8. The summed E-state index contributed by atoms with van der Waals surface area (Å²) in [7, 11) is 11.3. The molecule has 0 aliphatic carbocycles. The summed E-state index contributed by atoms with van der Waals surface area (Å²) in [6.07, 6.45) is 3.61. The summed E-state index contributed by atoms with van der Waals surface area (Å²) in [6, 6.07) is 25.9. The Bertz CT molecular complexity index is 1120. The zero-order valence-electron chi connectivity index (χ0n) is 20.8. The van der Waals surface area contributed by atoms with E-state index in [1.165, 1.54) is 0 Å². The van der Waals surface area contributed by atoms with E-state index in [0.717, 1.165) is 45.4 Å². The van der Waals surface area contributed by atoms with Crippen LogP contribution in [0.3, 0.4) is 0 Å². The Hall–Kier alpha value is -3.37. The smallest absolute Gasteiger partial charge is 0.516 e. The minimum absolute atomic E-state index is 0. The number of hydrogen-bond donors (Lipinski definition) is 0. The average Bonchev–Trinajstić information content (AvgIpc) is 2.89. The molecule has 4 rings (SSSR count). The van der Waals surface area contributed by atoms with Gasteiger partial charge in [-0.15, -0.1) is 47.5 Å². The van der Waals surface area contributed by atoms with E-state index >= 15 is 0 Å². The molecular formula is C28H30N4O2Pt. The standard InChI is InChI=1S/2C14H15N2O.Pt/c2*1-16(2)12-7-8-15-14(10-12)11-5-4-6-13(9-11)17-3;/h2*4-8,10H,1-3H3;/q2*-1;+2. The van der Waals surface area contributed by atoms with Crippen LogP contribution in [-0.2, 0) is 21.1 Å². The molecule has 35 heavy (non-hydrogen) atoms. The second-order valence-corrected chi connectivity index (χ2v) is 7.85. The third kappa shape index (κ3) is 7.83. The van der Waals surface area contributed by atoms with Crippen LogP contribution in [0.2, 0.25) is 0 Å². The predicted molar refractivity (Wildman–Crippen MR) is 139 cm³/mol. The molecule has 184 valence electrons. The molecule has 6 nitrogen and oxygen atoms in total. The van der Waals surface area contributed by atoms with Crippen LogP contribution in [0.4, 0.5) is 11.4 Å². The first kappa shape index (κ1) is 27.9. The Morgan fingerprint density at radius 2 is 1.03 bits per heavy atom. The van der Waals surface area contributed by atoms with Crippen molar-refractivity contribution in [2.45, 2.75) is 0 Å². The topological polar surface area (TPSA) is 50.7 Å². The van der Waals surface area contributed by atoms with E-state index in [9.17, 15) is 0 Å². The van der Waals surface area contributed by atoms with Crippen LogP contribution in [0, 0.1) is 12.1 Å². The molecule has 2 heterocycles. The van der Waals surface area contributed by atoms with Crippen LogP contribution in [0.5, 0.6) is 11.5 Å². The van der Waals surface area contributed by atoms with Gasteiger partial charge in [-0.1, -0.05) is 24.3 Å². The van der Waals surface area contributed by atoms with Crippen molar-refractivity contribution in [3.63, 3.8) is 0 Å². The summed E-state index contributed by atoms with van der Waals surface area (Å²) in [6.45, 7) is 0. The third-order valence-electron chi connectivity index (χ3n) is 5.05. The Labute approximate surface area is 222 Å². The number of ether oxygens (including phenoxy) is 2. The molecule has 7 heteroatoms. The van der Waals surface area contributed by atoms with Gasteiger partial charge in [0.05, 0.1) is 14.2 Å². The fourth-order valence-electron chi connectivity index (χ4n) is 3.12. The molecule has 0 amide bonds. The molecule has 0 unspecified atom stereocenters. The first-order valence-corrected chi connectivity index (χ1v) is 10.8. The fraction of sp³-hybridized carbons (Fsp3) is 0.214. The van der Waals surface area contributed by atoms with Crippen molar-refractivity contribution < 1.29 is 30.5 Å². The molecule has 0 spiro atoms. The van der Waals surface area contributed by atoms with Gasteiger partial charge >= 0.3 is 21.1 Å². The molecular weight excluding hydrogens is 619 g/mol. The Morgan fingerprint density at radius 1 is 0.629 bits per heavy atom. The van der Waals surface area contributed by atoms with Crippen molar-refractivity contribution in [1.82, 2.24) is 9.97 Å². The van der Waals surface area contributed by atoms with Crippen LogP contribution in [0.15, 0.2) is 73.1 Å². The zero-order valence-corrected chi connectivity index (χ0v) is 23.1. The van der Waals surface area contributed by atoms with E-state index in [1.807, 2.05) is 98.7 Å². The zero-order chi connectivity index (χ0) is 24.5. The average molecular weight is 650 g/mol. The van der Waals surface area contributed by atoms with Gasteiger partial charge in [-0.2, -0.15) is 0 Å². The number of aromatic nitrogens is 2. The second kappa shape index (κ2) is 13.5. The molecule has 0 aliphatic rings. The molecule has 0 aliphatic heterocycles. The second-order valence-electron chi connectivity index (χ2n) is 7.85. The van der Waals surface area contributed by atoms with Crippen molar-refractivity contribution >= 4 is 11.4 Å². The number of anilines is 2. The quantitative estimate of drug-likeness (QED) is 0.267. The summed E-state index contributed by atoms with van der Waals surface area (Å²) in [5.41, 5.74) is 5.91. The minimum Gasteiger partial charge on any atom is -0.516 e. The van der Waals surface area contributed by atoms with Crippen LogP contribution in [0.1, 0.15) is 0 Å². The van der Waals surface area contributed by atoms with Gasteiger partial charge in [-0.05, 0) is 23.5 Å². The maximum absolute atomic E-state index is 5.16. The van der Waals surface area contributed by atoms with Gasteiger partial charge < -0.3 is 29.2 Å². The summed E-state index contributed by atoms with van der Waals surface area (Å²) in [4.78, 5) is 12.8. The SMILES string of the molecule is COc1[c-]c(-c2cc(N(C)C)ccn2)ccc1.COc1[c-]c(-c2cc(N(C)C)ccn2)ccc1.[Pt+2]. The van der Waals surface area contributed by atoms with Crippen molar-refractivity contribution in [2.24, 2.45) is 0 Å². The van der Waals surface area contributed by atoms with E-state index in [-0.39, 0.29) is 21.1 Å². The molecule has 0 bridgehead atoms.